The van der Waals surface area contributed by atoms with E-state index in [1.165, 1.54) is 0 Å². The SMILES string of the molecule is CCCNC(=O)C(c1ccccc1)N1CCC(C(=O)O)C1. The number of nitrogens with one attached hydrogen (secondary N) is 1. The van der Waals surface area contributed by atoms with Gasteiger partial charge in [0.1, 0.15) is 6.04 Å². The molecule has 1 aromatic carbocycles. The van der Waals surface area contributed by atoms with Crippen molar-refractivity contribution < 1.29 is 14.7 Å². The summed E-state index contributed by atoms with van der Waals surface area (Å²) in [5.41, 5.74) is 0.914. The minimum absolute atomic E-state index is 0.0471. The van der Waals surface area contributed by atoms with Crippen LogP contribution in [0.5, 0.6) is 0 Å². The van der Waals surface area contributed by atoms with Crippen LogP contribution in [0.2, 0.25) is 0 Å². The first-order valence-electron chi connectivity index (χ1n) is 7.43. The fourth-order valence-electron chi connectivity index (χ4n) is 2.73. The molecule has 0 aromatic heterocycles. The highest BCUT2D eigenvalue weighted by Crippen LogP contribution is 2.28. The van der Waals surface area contributed by atoms with Gasteiger partial charge in [0.25, 0.3) is 0 Å². The number of likely N-dealkylation sites (tertiary alicyclic amines) is 1. The molecule has 2 N–H and O–H groups in total. The molecule has 21 heavy (non-hydrogen) atoms. The van der Waals surface area contributed by atoms with Crippen LogP contribution in [0.4, 0.5) is 0 Å². The van der Waals surface area contributed by atoms with Crippen LogP contribution in [0.1, 0.15) is 31.4 Å². The maximum Gasteiger partial charge on any atom is 0.307 e. The maximum absolute atomic E-state index is 12.5. The fraction of sp³-hybridized carbons (Fsp3) is 0.500. The number of hydrogen-bond acceptors (Lipinski definition) is 3. The van der Waals surface area contributed by atoms with Crippen LogP contribution in [0.25, 0.3) is 0 Å². The lowest BCUT2D eigenvalue weighted by atomic mass is 10.0. The smallest absolute Gasteiger partial charge is 0.307 e. The van der Waals surface area contributed by atoms with Crippen LogP contribution >= 0.6 is 0 Å². The van der Waals surface area contributed by atoms with Gasteiger partial charge in [0, 0.05) is 19.6 Å². The number of hydrogen-bond donors (Lipinski definition) is 2. The number of nitrogens with zero attached hydrogens (tertiary/aromatic N) is 1. The summed E-state index contributed by atoms with van der Waals surface area (Å²) in [4.78, 5) is 25.6. The third kappa shape index (κ3) is 3.82. The van der Waals surface area contributed by atoms with Gasteiger partial charge < -0.3 is 10.4 Å². The highest BCUT2D eigenvalue weighted by atomic mass is 16.4. The molecule has 1 saturated heterocycles. The number of carbonyl (C=O) groups is 2. The highest BCUT2D eigenvalue weighted by molar-refractivity contribution is 5.83. The van der Waals surface area contributed by atoms with Crippen molar-refractivity contribution >= 4 is 11.9 Å². The van der Waals surface area contributed by atoms with Crippen LogP contribution in [-0.4, -0.2) is 41.5 Å². The molecule has 1 heterocycles. The Labute approximate surface area is 125 Å². The molecule has 1 aromatic rings. The third-order valence-corrected chi connectivity index (χ3v) is 3.85. The van der Waals surface area contributed by atoms with Crippen molar-refractivity contribution in [1.82, 2.24) is 10.2 Å². The summed E-state index contributed by atoms with van der Waals surface area (Å²) in [5, 5.41) is 12.1. The lowest BCUT2D eigenvalue weighted by Crippen LogP contribution is -2.40. The molecule has 1 amide bonds. The van der Waals surface area contributed by atoms with Gasteiger partial charge in [-0.05, 0) is 18.4 Å². The molecule has 0 aliphatic carbocycles. The van der Waals surface area contributed by atoms with E-state index in [0.717, 1.165) is 12.0 Å². The van der Waals surface area contributed by atoms with Crippen LogP contribution in [0, 0.1) is 5.92 Å². The Hall–Kier alpha value is -1.88. The van der Waals surface area contributed by atoms with E-state index in [4.69, 9.17) is 5.11 Å². The molecule has 0 bridgehead atoms. The fourth-order valence-corrected chi connectivity index (χ4v) is 2.73. The molecule has 1 aliphatic rings. The van der Waals surface area contributed by atoms with E-state index in [1.807, 2.05) is 42.2 Å². The van der Waals surface area contributed by atoms with Gasteiger partial charge in [0.2, 0.25) is 5.91 Å². The summed E-state index contributed by atoms with van der Waals surface area (Å²) in [7, 11) is 0. The lowest BCUT2D eigenvalue weighted by Gasteiger charge is -2.27. The summed E-state index contributed by atoms with van der Waals surface area (Å²) >= 11 is 0. The largest absolute Gasteiger partial charge is 0.481 e. The van der Waals surface area contributed by atoms with Crippen molar-refractivity contribution in [3.63, 3.8) is 0 Å². The zero-order valence-corrected chi connectivity index (χ0v) is 12.3. The Bertz CT molecular complexity index is 490. The van der Waals surface area contributed by atoms with Crippen molar-refractivity contribution in [3.8, 4) is 0 Å². The Morgan fingerprint density at radius 3 is 2.67 bits per heavy atom. The second-order valence-electron chi connectivity index (χ2n) is 5.42. The van der Waals surface area contributed by atoms with Gasteiger partial charge in [-0.15, -0.1) is 0 Å². The van der Waals surface area contributed by atoms with Crippen LogP contribution in [-0.2, 0) is 9.59 Å². The summed E-state index contributed by atoms with van der Waals surface area (Å²) in [5.74, 6) is -1.21. The number of aliphatic carboxylic acids is 1. The summed E-state index contributed by atoms with van der Waals surface area (Å²) in [6.07, 6.45) is 1.48. The summed E-state index contributed by atoms with van der Waals surface area (Å²) < 4.78 is 0. The standard InChI is InChI=1S/C16H22N2O3/c1-2-9-17-15(19)14(12-6-4-3-5-7-12)18-10-8-13(11-18)16(20)21/h3-7,13-14H,2,8-11H2,1H3,(H,17,19)(H,20,21). The predicted octanol–water partition coefficient (Wildman–Crippen LogP) is 1.66. The van der Waals surface area contributed by atoms with Gasteiger partial charge in [-0.3, -0.25) is 14.5 Å². The first kappa shape index (κ1) is 15.5. The zero-order chi connectivity index (χ0) is 15.2. The average Bonchev–Trinajstić information content (AvgIpc) is 2.96. The van der Waals surface area contributed by atoms with Crippen LogP contribution in [0.3, 0.4) is 0 Å². The van der Waals surface area contributed by atoms with Crippen LogP contribution < -0.4 is 5.32 Å². The van der Waals surface area contributed by atoms with Gasteiger partial charge in [-0.1, -0.05) is 37.3 Å². The van der Waals surface area contributed by atoms with E-state index >= 15 is 0 Å². The Kier molecular flexibility index (Phi) is 5.33. The Morgan fingerprint density at radius 2 is 2.10 bits per heavy atom. The van der Waals surface area contributed by atoms with Gasteiger partial charge in [0.15, 0.2) is 0 Å². The number of carbonyl (C=O) groups excluding carboxylic acids is 1. The number of amides is 1. The third-order valence-electron chi connectivity index (χ3n) is 3.85. The van der Waals surface area contributed by atoms with Crippen molar-refractivity contribution in [3.05, 3.63) is 35.9 Å². The molecule has 1 fully saturated rings. The molecule has 0 spiro atoms. The topological polar surface area (TPSA) is 69.6 Å². The molecule has 5 nitrogen and oxygen atoms in total. The number of benzene rings is 1. The van der Waals surface area contributed by atoms with Crippen LogP contribution in [0.15, 0.2) is 30.3 Å². The number of carboxylic acid groups (broad SMARTS) is 1. The van der Waals surface area contributed by atoms with Gasteiger partial charge in [0.05, 0.1) is 5.92 Å². The second kappa shape index (κ2) is 7.22. The van der Waals surface area contributed by atoms with E-state index in [2.05, 4.69) is 5.32 Å². The lowest BCUT2D eigenvalue weighted by molar-refractivity contribution is -0.141. The summed E-state index contributed by atoms with van der Waals surface area (Å²) in [6, 6.07) is 9.16. The first-order chi connectivity index (χ1) is 10.1. The number of carboxylic acids is 1. The quantitative estimate of drug-likeness (QED) is 0.836. The summed E-state index contributed by atoms with van der Waals surface area (Å²) in [6.45, 7) is 3.71. The normalized spacial score (nSPS) is 20.1. The minimum Gasteiger partial charge on any atom is -0.481 e. The van der Waals surface area contributed by atoms with E-state index in [1.54, 1.807) is 0 Å². The van der Waals surface area contributed by atoms with E-state index < -0.39 is 12.0 Å². The van der Waals surface area contributed by atoms with E-state index in [0.29, 0.717) is 26.1 Å². The van der Waals surface area contributed by atoms with Crippen molar-refractivity contribution in [1.29, 1.82) is 0 Å². The highest BCUT2D eigenvalue weighted by Gasteiger charge is 2.35. The molecular weight excluding hydrogens is 268 g/mol. The molecule has 2 unspecified atom stereocenters. The molecule has 2 rings (SSSR count). The molecule has 2 atom stereocenters. The van der Waals surface area contributed by atoms with Crippen molar-refractivity contribution in [2.75, 3.05) is 19.6 Å². The molecular formula is C16H22N2O3. The second-order valence-corrected chi connectivity index (χ2v) is 5.42. The average molecular weight is 290 g/mol. The molecule has 0 radical (unpaired) electrons. The molecule has 0 saturated carbocycles. The molecule has 1 aliphatic heterocycles. The van der Waals surface area contributed by atoms with E-state index in [9.17, 15) is 9.59 Å². The van der Waals surface area contributed by atoms with Crippen molar-refractivity contribution in [2.24, 2.45) is 5.92 Å². The van der Waals surface area contributed by atoms with Gasteiger partial charge in [-0.2, -0.15) is 0 Å². The predicted molar refractivity (Wildman–Crippen MR) is 79.8 cm³/mol. The number of rotatable bonds is 6. The monoisotopic (exact) mass is 290 g/mol. The molecule has 5 heteroatoms. The van der Waals surface area contributed by atoms with E-state index in [-0.39, 0.29) is 11.8 Å². The van der Waals surface area contributed by atoms with Gasteiger partial charge >= 0.3 is 5.97 Å². The zero-order valence-electron chi connectivity index (χ0n) is 12.3. The Balaban J connectivity index is 2.17. The Morgan fingerprint density at radius 1 is 1.38 bits per heavy atom. The first-order valence-corrected chi connectivity index (χ1v) is 7.43. The minimum atomic E-state index is -0.779. The maximum atomic E-state index is 12.5. The van der Waals surface area contributed by atoms with Gasteiger partial charge in [-0.25, -0.2) is 0 Å². The molecule has 114 valence electrons. The van der Waals surface area contributed by atoms with Crippen molar-refractivity contribution in [2.45, 2.75) is 25.8 Å².